The number of nitrogens with zero attached hydrogens (tertiary/aromatic N) is 1. The summed E-state index contributed by atoms with van der Waals surface area (Å²) in [4.78, 5) is 65.3. The fourth-order valence-corrected chi connectivity index (χ4v) is 3.47. The van der Waals surface area contributed by atoms with Gasteiger partial charge in [0, 0.05) is 19.4 Å². The Bertz CT molecular complexity index is 1060. The topological polar surface area (TPSA) is 299 Å². The van der Waals surface area contributed by atoms with Gasteiger partial charge in [0.15, 0.2) is 12.0 Å². The third kappa shape index (κ3) is 12.4. The van der Waals surface area contributed by atoms with Crippen LogP contribution in [0.1, 0.15) is 38.2 Å². The molecule has 0 aromatic heterocycles. The number of nitrogens with one attached hydrogen (secondary N) is 3. The van der Waals surface area contributed by atoms with Crippen molar-refractivity contribution in [3.63, 3.8) is 0 Å². The average Bonchev–Trinajstić information content (AvgIpc) is 2.87. The molecule has 0 spiro atoms. The van der Waals surface area contributed by atoms with Crippen LogP contribution in [0.15, 0.2) is 29.3 Å². The SMILES string of the molecule is CC(O)C(NC(=O)C(Cc1ccc(O)cc1)NC(=O)C(CCCN=C(N)N)NC(=O)C(N)CCC(N)=O)C(=O)O. The predicted molar refractivity (Wildman–Crippen MR) is 143 cm³/mol. The molecule has 1 aromatic carbocycles. The molecule has 0 fully saturated rings. The molecule has 5 unspecified atom stereocenters. The molecule has 4 amide bonds. The van der Waals surface area contributed by atoms with Crippen LogP contribution in [0.3, 0.4) is 0 Å². The van der Waals surface area contributed by atoms with Crippen LogP contribution in [0.5, 0.6) is 5.75 Å². The highest BCUT2D eigenvalue weighted by molar-refractivity contribution is 5.94. The van der Waals surface area contributed by atoms with Crippen molar-refractivity contribution < 1.29 is 39.3 Å². The van der Waals surface area contributed by atoms with E-state index in [1.54, 1.807) is 0 Å². The summed E-state index contributed by atoms with van der Waals surface area (Å²) in [7, 11) is 0. The minimum absolute atomic E-state index is 0.0237. The quantitative estimate of drug-likeness (QED) is 0.0501. The number of guanidine groups is 1. The third-order valence-corrected chi connectivity index (χ3v) is 5.67. The number of hydrogen-bond donors (Lipinski definition) is 10. The van der Waals surface area contributed by atoms with Crippen LogP contribution in [0.25, 0.3) is 0 Å². The Morgan fingerprint density at radius 1 is 0.900 bits per heavy atom. The number of carbonyl (C=O) groups is 5. The van der Waals surface area contributed by atoms with Crippen LogP contribution < -0.4 is 38.9 Å². The smallest absolute Gasteiger partial charge is 0.328 e. The van der Waals surface area contributed by atoms with Crippen molar-refractivity contribution in [3.05, 3.63) is 29.8 Å². The average molecular weight is 567 g/mol. The molecule has 14 N–H and O–H groups in total. The maximum absolute atomic E-state index is 13.3. The van der Waals surface area contributed by atoms with Crippen LogP contribution in [-0.4, -0.2) is 87.7 Å². The van der Waals surface area contributed by atoms with E-state index in [-0.39, 0.29) is 50.4 Å². The van der Waals surface area contributed by atoms with Crippen molar-refractivity contribution in [2.75, 3.05) is 6.54 Å². The number of carbonyl (C=O) groups excluding carboxylic acids is 4. The number of aliphatic carboxylic acids is 1. The van der Waals surface area contributed by atoms with Gasteiger partial charge in [0.2, 0.25) is 23.6 Å². The largest absolute Gasteiger partial charge is 0.508 e. The number of aliphatic hydroxyl groups excluding tert-OH is 1. The van der Waals surface area contributed by atoms with Crippen LogP contribution in [0.4, 0.5) is 0 Å². The monoisotopic (exact) mass is 566 g/mol. The van der Waals surface area contributed by atoms with Gasteiger partial charge in [-0.1, -0.05) is 12.1 Å². The number of nitrogens with two attached hydrogens (primary N) is 4. The molecular formula is C24H38N8O8. The number of phenols is 1. The minimum Gasteiger partial charge on any atom is -0.508 e. The lowest BCUT2D eigenvalue weighted by Gasteiger charge is -2.26. The van der Waals surface area contributed by atoms with E-state index in [9.17, 15) is 39.3 Å². The molecule has 1 rings (SSSR count). The zero-order chi connectivity index (χ0) is 30.4. The maximum Gasteiger partial charge on any atom is 0.328 e. The van der Waals surface area contributed by atoms with Crippen molar-refractivity contribution in [2.45, 2.75) is 69.3 Å². The minimum atomic E-state index is -1.66. The second kappa shape index (κ2) is 16.5. The maximum atomic E-state index is 13.3. The van der Waals surface area contributed by atoms with Crippen LogP contribution in [-0.2, 0) is 30.4 Å². The summed E-state index contributed by atoms with van der Waals surface area (Å²) >= 11 is 0. The molecule has 5 atom stereocenters. The Morgan fingerprint density at radius 2 is 1.48 bits per heavy atom. The number of benzene rings is 1. The van der Waals surface area contributed by atoms with Crippen molar-refractivity contribution in [1.29, 1.82) is 0 Å². The molecule has 40 heavy (non-hydrogen) atoms. The van der Waals surface area contributed by atoms with Gasteiger partial charge in [-0.2, -0.15) is 0 Å². The molecule has 16 heteroatoms. The fraction of sp³-hybridized carbons (Fsp3) is 0.500. The lowest BCUT2D eigenvalue weighted by molar-refractivity contribution is -0.145. The number of aliphatic imine (C=N–C) groups is 1. The van der Waals surface area contributed by atoms with Crippen molar-refractivity contribution in [3.8, 4) is 5.75 Å². The summed E-state index contributed by atoms with van der Waals surface area (Å²) < 4.78 is 0. The van der Waals surface area contributed by atoms with E-state index >= 15 is 0 Å². The highest BCUT2D eigenvalue weighted by atomic mass is 16.4. The van der Waals surface area contributed by atoms with Crippen molar-refractivity contribution in [1.82, 2.24) is 16.0 Å². The molecule has 0 aliphatic carbocycles. The fourth-order valence-electron chi connectivity index (χ4n) is 3.47. The number of carboxylic acid groups (broad SMARTS) is 1. The normalized spacial score (nSPS) is 14.5. The van der Waals surface area contributed by atoms with E-state index in [0.29, 0.717) is 5.56 Å². The second-order valence-corrected chi connectivity index (χ2v) is 9.12. The molecule has 0 saturated heterocycles. The van der Waals surface area contributed by atoms with Gasteiger partial charge in [-0.25, -0.2) is 4.79 Å². The zero-order valence-electron chi connectivity index (χ0n) is 22.1. The van der Waals surface area contributed by atoms with Crippen LogP contribution in [0.2, 0.25) is 0 Å². The molecule has 0 radical (unpaired) electrons. The second-order valence-electron chi connectivity index (χ2n) is 9.12. The number of hydrogen-bond acceptors (Lipinski definition) is 9. The number of phenolic OH excluding ortho intramolecular Hbond substituents is 1. The van der Waals surface area contributed by atoms with Gasteiger partial charge in [0.05, 0.1) is 12.1 Å². The predicted octanol–water partition coefficient (Wildman–Crippen LogP) is -3.50. The van der Waals surface area contributed by atoms with Gasteiger partial charge >= 0.3 is 5.97 Å². The van der Waals surface area contributed by atoms with Crippen LogP contribution in [0, 0.1) is 0 Å². The van der Waals surface area contributed by atoms with Crippen molar-refractivity contribution in [2.24, 2.45) is 27.9 Å². The first-order valence-corrected chi connectivity index (χ1v) is 12.4. The number of rotatable bonds is 17. The van der Waals surface area contributed by atoms with E-state index in [1.165, 1.54) is 31.2 Å². The molecule has 0 aliphatic rings. The van der Waals surface area contributed by atoms with Gasteiger partial charge in [0.25, 0.3) is 0 Å². The zero-order valence-corrected chi connectivity index (χ0v) is 22.1. The Morgan fingerprint density at radius 3 is 2.00 bits per heavy atom. The van der Waals surface area contributed by atoms with Gasteiger partial charge in [0.1, 0.15) is 17.8 Å². The third-order valence-electron chi connectivity index (χ3n) is 5.67. The van der Waals surface area contributed by atoms with Gasteiger partial charge < -0.3 is 54.2 Å². The highest BCUT2D eigenvalue weighted by Crippen LogP contribution is 2.12. The number of primary amides is 1. The number of aromatic hydroxyl groups is 1. The summed E-state index contributed by atoms with van der Waals surface area (Å²) in [5.74, 6) is -4.83. The molecule has 222 valence electrons. The molecule has 0 aliphatic heterocycles. The molecule has 0 heterocycles. The Hall–Kier alpha value is -4.44. The van der Waals surface area contributed by atoms with Crippen molar-refractivity contribution >= 4 is 35.6 Å². The summed E-state index contributed by atoms with van der Waals surface area (Å²) in [6.45, 7) is 1.30. The molecule has 0 bridgehead atoms. The lowest BCUT2D eigenvalue weighted by Crippen LogP contribution is -2.58. The molecule has 0 saturated carbocycles. The first kappa shape index (κ1) is 33.6. The lowest BCUT2D eigenvalue weighted by atomic mass is 10.0. The summed E-state index contributed by atoms with van der Waals surface area (Å²) in [6.07, 6.45) is -1.53. The number of amides is 4. The first-order valence-electron chi connectivity index (χ1n) is 12.4. The standard InChI is InChI=1S/C24H38N8O8/c1-12(33)19(23(39)40)32-22(38)17(11-13-4-6-14(34)7-5-13)31-21(37)16(3-2-10-29-24(27)28)30-20(36)15(25)8-9-18(26)35/h4-7,12,15-17,19,33-34H,2-3,8-11,25H2,1H3,(H2,26,35)(H,30,36)(H,31,37)(H,32,38)(H,39,40)(H4,27,28,29). The van der Waals surface area contributed by atoms with E-state index in [2.05, 4.69) is 20.9 Å². The first-order chi connectivity index (χ1) is 18.7. The molecular weight excluding hydrogens is 528 g/mol. The van der Waals surface area contributed by atoms with E-state index in [1.807, 2.05) is 0 Å². The summed E-state index contributed by atoms with van der Waals surface area (Å²) in [5, 5.41) is 35.8. The van der Waals surface area contributed by atoms with Crippen LogP contribution >= 0.6 is 0 Å². The summed E-state index contributed by atoms with van der Waals surface area (Å²) in [5.41, 5.74) is 22.0. The van der Waals surface area contributed by atoms with Gasteiger partial charge in [-0.3, -0.25) is 24.2 Å². The molecule has 1 aromatic rings. The van der Waals surface area contributed by atoms with E-state index in [4.69, 9.17) is 22.9 Å². The summed E-state index contributed by atoms with van der Waals surface area (Å²) in [6, 6.07) is 0.338. The van der Waals surface area contributed by atoms with E-state index < -0.39 is 59.9 Å². The van der Waals surface area contributed by atoms with E-state index in [0.717, 1.165) is 0 Å². The van der Waals surface area contributed by atoms with Gasteiger partial charge in [-0.15, -0.1) is 0 Å². The Labute approximate surface area is 230 Å². The number of carboxylic acids is 1. The highest BCUT2D eigenvalue weighted by Gasteiger charge is 2.32. The Kier molecular flexibility index (Phi) is 13.9. The Balaban J connectivity index is 3.18. The molecule has 16 nitrogen and oxygen atoms in total. The number of aliphatic hydroxyl groups is 1. The van der Waals surface area contributed by atoms with Gasteiger partial charge in [-0.05, 0) is 43.9 Å².